The highest BCUT2D eigenvalue weighted by atomic mass is 35.5. The van der Waals surface area contributed by atoms with Crippen molar-refractivity contribution >= 4 is 23.5 Å². The van der Waals surface area contributed by atoms with Gasteiger partial charge >= 0.3 is 5.97 Å². The molecule has 1 unspecified atom stereocenters. The Morgan fingerprint density at radius 2 is 2.00 bits per heavy atom. The molecule has 0 aliphatic rings. The van der Waals surface area contributed by atoms with E-state index < -0.39 is 12.0 Å². The second-order valence-corrected chi connectivity index (χ2v) is 5.56. The Morgan fingerprint density at radius 1 is 1.30 bits per heavy atom. The largest absolute Gasteiger partial charge is 0.464 e. The molecule has 1 aromatic rings. The first-order valence-corrected chi connectivity index (χ1v) is 6.96. The van der Waals surface area contributed by atoms with Gasteiger partial charge in [-0.1, -0.05) is 37.6 Å². The predicted octanol–water partition coefficient (Wildman–Crippen LogP) is 2.59. The lowest BCUT2D eigenvalue weighted by atomic mass is 10.1. The van der Waals surface area contributed by atoms with Crippen LogP contribution in [0.5, 0.6) is 0 Å². The summed E-state index contributed by atoms with van der Waals surface area (Å²) in [4.78, 5) is 23.4. The molecule has 20 heavy (non-hydrogen) atoms. The van der Waals surface area contributed by atoms with Crippen molar-refractivity contribution in [2.24, 2.45) is 5.92 Å². The van der Waals surface area contributed by atoms with Gasteiger partial charge in [0, 0.05) is 5.02 Å². The first kappa shape index (κ1) is 16.5. The van der Waals surface area contributed by atoms with E-state index in [9.17, 15) is 9.59 Å². The van der Waals surface area contributed by atoms with Crippen LogP contribution >= 0.6 is 11.6 Å². The minimum absolute atomic E-state index is 0.183. The van der Waals surface area contributed by atoms with Crippen LogP contribution in [0.3, 0.4) is 0 Å². The van der Waals surface area contributed by atoms with Gasteiger partial charge in [0.25, 0.3) is 0 Å². The molecular formula is C15H20ClNO3. The summed E-state index contributed by atoms with van der Waals surface area (Å²) in [5, 5.41) is 3.20. The molecule has 4 nitrogen and oxygen atoms in total. The van der Waals surface area contributed by atoms with Crippen LogP contribution < -0.4 is 5.32 Å². The van der Waals surface area contributed by atoms with Crippen LogP contribution in [0.15, 0.2) is 24.3 Å². The van der Waals surface area contributed by atoms with Crippen LogP contribution in [-0.2, 0) is 20.7 Å². The normalized spacial score (nSPS) is 12.1. The number of hydrogen-bond acceptors (Lipinski definition) is 3. The zero-order chi connectivity index (χ0) is 15.1. The number of rotatable bonds is 6. The van der Waals surface area contributed by atoms with Gasteiger partial charge in [-0.25, -0.2) is 4.79 Å². The third kappa shape index (κ3) is 6.06. The van der Waals surface area contributed by atoms with Crippen LogP contribution in [-0.4, -0.2) is 24.5 Å². The van der Waals surface area contributed by atoms with E-state index in [-0.39, 0.29) is 18.2 Å². The van der Waals surface area contributed by atoms with Gasteiger partial charge in [-0.2, -0.15) is 0 Å². The molecule has 1 N–H and O–H groups in total. The number of hydrogen-bond donors (Lipinski definition) is 1. The van der Waals surface area contributed by atoms with Gasteiger partial charge in [0.1, 0.15) is 6.04 Å². The molecule has 0 aliphatic heterocycles. The molecule has 1 aromatic carbocycles. The van der Waals surface area contributed by atoms with Gasteiger partial charge in [0.2, 0.25) is 5.91 Å². The fraction of sp³-hybridized carbons (Fsp3) is 0.467. The maximum Gasteiger partial charge on any atom is 0.328 e. The highest BCUT2D eigenvalue weighted by molar-refractivity contribution is 6.30. The second kappa shape index (κ2) is 7.90. The first-order valence-electron chi connectivity index (χ1n) is 6.59. The molecule has 110 valence electrons. The Hall–Kier alpha value is -1.55. The summed E-state index contributed by atoms with van der Waals surface area (Å²) in [5.41, 5.74) is 0.803. The molecule has 0 radical (unpaired) electrons. The lowest BCUT2D eigenvalue weighted by Crippen LogP contribution is -2.40. The number of ether oxygens (including phenoxy) is 1. The van der Waals surface area contributed by atoms with Crippen molar-refractivity contribution in [3.63, 3.8) is 0 Å². The molecule has 0 aromatic heterocycles. The van der Waals surface area contributed by atoms with Crippen molar-refractivity contribution in [1.82, 2.24) is 5.32 Å². The Morgan fingerprint density at radius 3 is 2.60 bits per heavy atom. The number of carbonyl (C=O) groups excluding carboxylic acids is 2. The van der Waals surface area contributed by atoms with Crippen LogP contribution in [0.1, 0.15) is 26.3 Å². The van der Waals surface area contributed by atoms with Crippen molar-refractivity contribution in [3.8, 4) is 0 Å². The van der Waals surface area contributed by atoms with Gasteiger partial charge in [-0.3, -0.25) is 4.79 Å². The van der Waals surface area contributed by atoms with Crippen molar-refractivity contribution in [3.05, 3.63) is 34.9 Å². The number of nitrogens with one attached hydrogen (secondary N) is 1. The maximum absolute atomic E-state index is 11.8. The monoisotopic (exact) mass is 297 g/mol. The topological polar surface area (TPSA) is 55.4 Å². The van der Waals surface area contributed by atoms with Crippen molar-refractivity contribution in [1.29, 1.82) is 0 Å². The third-order valence-electron chi connectivity index (χ3n) is 2.54. The Balaban J connectivity index is 2.43. The molecule has 0 spiro atoms. The summed E-state index contributed by atoms with van der Waals surface area (Å²) in [6, 6.07) is 6.41. The van der Waals surface area contributed by atoms with Crippen LogP contribution in [0.25, 0.3) is 0 Å². The predicted molar refractivity (Wildman–Crippen MR) is 78.6 cm³/mol. The van der Waals surface area contributed by atoms with Crippen LogP contribution in [0.2, 0.25) is 5.02 Å². The Bertz CT molecular complexity index is 474. The summed E-state index contributed by atoms with van der Waals surface area (Å²) in [6.45, 7) is 5.87. The van der Waals surface area contributed by atoms with E-state index in [0.29, 0.717) is 11.6 Å². The van der Waals surface area contributed by atoms with Gasteiger partial charge in [0.15, 0.2) is 0 Å². The first-order chi connectivity index (χ1) is 9.38. The quantitative estimate of drug-likeness (QED) is 0.821. The Kier molecular flexibility index (Phi) is 6.52. The summed E-state index contributed by atoms with van der Waals surface area (Å²) < 4.78 is 5.06. The fourth-order valence-corrected chi connectivity index (χ4v) is 1.77. The lowest BCUT2D eigenvalue weighted by molar-refractivity contribution is -0.148. The zero-order valence-corrected chi connectivity index (χ0v) is 12.7. The van der Waals surface area contributed by atoms with Gasteiger partial charge in [-0.15, -0.1) is 0 Å². The molecule has 0 saturated heterocycles. The van der Waals surface area contributed by atoms with E-state index >= 15 is 0 Å². The lowest BCUT2D eigenvalue weighted by Gasteiger charge is -2.14. The van der Waals surface area contributed by atoms with E-state index in [1.165, 1.54) is 0 Å². The van der Waals surface area contributed by atoms with E-state index in [4.69, 9.17) is 16.3 Å². The zero-order valence-electron chi connectivity index (χ0n) is 12.0. The van der Waals surface area contributed by atoms with E-state index in [2.05, 4.69) is 5.32 Å². The minimum Gasteiger partial charge on any atom is -0.464 e. The molecular weight excluding hydrogens is 278 g/mol. The van der Waals surface area contributed by atoms with Crippen molar-refractivity contribution < 1.29 is 14.3 Å². The number of halogens is 1. The van der Waals surface area contributed by atoms with Gasteiger partial charge < -0.3 is 10.1 Å². The summed E-state index contributed by atoms with van der Waals surface area (Å²) in [7, 11) is 0. The van der Waals surface area contributed by atoms with Crippen molar-refractivity contribution in [2.75, 3.05) is 6.61 Å². The van der Waals surface area contributed by atoms with Crippen LogP contribution in [0, 0.1) is 5.92 Å². The summed E-state index contributed by atoms with van der Waals surface area (Å²) >= 11 is 5.85. The molecule has 5 heteroatoms. The van der Waals surface area contributed by atoms with E-state index in [0.717, 1.165) is 5.56 Å². The molecule has 1 rings (SSSR count). The maximum atomic E-state index is 11.8. The summed E-state index contributed by atoms with van der Waals surface area (Å²) in [6.07, 6.45) is 0.183. The van der Waals surface area contributed by atoms with Gasteiger partial charge in [0.05, 0.1) is 13.0 Å². The third-order valence-corrected chi connectivity index (χ3v) is 2.78. The summed E-state index contributed by atoms with van der Waals surface area (Å²) in [5.74, 6) is -0.382. The average molecular weight is 298 g/mol. The highest BCUT2D eigenvalue weighted by Crippen LogP contribution is 2.11. The molecule has 0 bridgehead atoms. The smallest absolute Gasteiger partial charge is 0.328 e. The number of carbonyl (C=O) groups is 2. The molecule has 0 heterocycles. The number of esters is 1. The number of amides is 1. The van der Waals surface area contributed by atoms with Crippen molar-refractivity contribution in [2.45, 2.75) is 33.2 Å². The molecule has 0 saturated carbocycles. The molecule has 0 fully saturated rings. The van der Waals surface area contributed by atoms with Crippen LogP contribution in [0.4, 0.5) is 0 Å². The van der Waals surface area contributed by atoms with E-state index in [1.807, 2.05) is 19.9 Å². The molecule has 0 aliphatic carbocycles. The molecule has 1 amide bonds. The van der Waals surface area contributed by atoms with Gasteiger partial charge in [-0.05, 0) is 30.5 Å². The number of benzene rings is 1. The van der Waals surface area contributed by atoms with E-state index in [1.54, 1.807) is 25.1 Å². The molecule has 1 atom stereocenters. The SMILES string of the molecule is CC(C)COC(=O)C(C)NC(=O)Cc1cccc(Cl)c1. The average Bonchev–Trinajstić information content (AvgIpc) is 2.35. The standard InChI is InChI=1S/C15H20ClNO3/c1-10(2)9-20-15(19)11(3)17-14(18)8-12-5-4-6-13(16)7-12/h4-7,10-11H,8-9H2,1-3H3,(H,17,18). The Labute approximate surface area is 124 Å². The second-order valence-electron chi connectivity index (χ2n) is 5.12. The minimum atomic E-state index is -0.652. The highest BCUT2D eigenvalue weighted by Gasteiger charge is 2.17. The fourth-order valence-electron chi connectivity index (χ4n) is 1.56.